The van der Waals surface area contributed by atoms with Gasteiger partial charge in [-0.25, -0.2) is 0 Å². The van der Waals surface area contributed by atoms with Crippen molar-refractivity contribution in [2.75, 3.05) is 7.11 Å². The second-order valence-corrected chi connectivity index (χ2v) is 5.30. The molecule has 20 heavy (non-hydrogen) atoms. The number of rotatable bonds is 3. The van der Waals surface area contributed by atoms with Crippen molar-refractivity contribution in [3.05, 3.63) is 23.8 Å². The van der Waals surface area contributed by atoms with Gasteiger partial charge in [-0.05, 0) is 24.8 Å². The maximum Gasteiger partial charge on any atom is 0.0996 e. The first-order chi connectivity index (χ1) is 9.69. The van der Waals surface area contributed by atoms with Crippen LogP contribution < -0.4 is 0 Å². The smallest absolute Gasteiger partial charge is 0.0996 e. The quantitative estimate of drug-likeness (QED) is 0.854. The number of nitrogens with zero attached hydrogens (tertiary/aromatic N) is 1. The summed E-state index contributed by atoms with van der Waals surface area (Å²) in [7, 11) is 1.68. The largest absolute Gasteiger partial charge is 0.388 e. The van der Waals surface area contributed by atoms with E-state index in [1.54, 1.807) is 7.11 Å². The highest BCUT2D eigenvalue weighted by Gasteiger charge is 2.39. The molecule has 1 N–H and O–H groups in total. The van der Waals surface area contributed by atoms with Crippen LogP contribution in [0.15, 0.2) is 23.8 Å². The van der Waals surface area contributed by atoms with Crippen LogP contribution in [0.2, 0.25) is 0 Å². The average Bonchev–Trinajstić information content (AvgIpc) is 2.51. The minimum Gasteiger partial charge on any atom is -0.388 e. The molecule has 0 bridgehead atoms. The molecule has 0 aromatic heterocycles. The van der Waals surface area contributed by atoms with Crippen LogP contribution in [0.5, 0.6) is 0 Å². The molecule has 2 aliphatic carbocycles. The van der Waals surface area contributed by atoms with Gasteiger partial charge in [0.05, 0.1) is 23.7 Å². The van der Waals surface area contributed by atoms with Crippen molar-refractivity contribution in [3.8, 4) is 6.07 Å². The third-order valence-corrected chi connectivity index (χ3v) is 4.11. The van der Waals surface area contributed by atoms with E-state index in [1.165, 1.54) is 6.42 Å². The molecule has 2 aliphatic rings. The van der Waals surface area contributed by atoms with Crippen molar-refractivity contribution in [2.24, 2.45) is 5.92 Å². The van der Waals surface area contributed by atoms with Crippen molar-refractivity contribution in [1.29, 1.82) is 5.26 Å². The van der Waals surface area contributed by atoms with Crippen LogP contribution >= 0.6 is 0 Å². The van der Waals surface area contributed by atoms with Gasteiger partial charge >= 0.3 is 0 Å². The molecule has 3 nitrogen and oxygen atoms in total. The predicted octanol–water partition coefficient (Wildman–Crippen LogP) is 3.75. The number of allylic oxidation sites excluding steroid dienone is 1. The lowest BCUT2D eigenvalue weighted by Crippen LogP contribution is -2.40. The van der Waals surface area contributed by atoms with Crippen molar-refractivity contribution in [2.45, 2.75) is 64.1 Å². The summed E-state index contributed by atoms with van der Waals surface area (Å²) in [6.07, 6.45) is 11.5. The van der Waals surface area contributed by atoms with Gasteiger partial charge in [0.2, 0.25) is 0 Å². The minimum atomic E-state index is -0.830. The van der Waals surface area contributed by atoms with Gasteiger partial charge < -0.3 is 9.84 Å². The van der Waals surface area contributed by atoms with Crippen LogP contribution in [0, 0.1) is 17.2 Å². The molecular formula is C17H27NO2. The zero-order valence-electron chi connectivity index (χ0n) is 12.9. The van der Waals surface area contributed by atoms with Crippen LogP contribution in [0.25, 0.3) is 0 Å². The summed E-state index contributed by atoms with van der Waals surface area (Å²) in [5, 5.41) is 20.1. The first-order valence-corrected chi connectivity index (χ1v) is 7.72. The van der Waals surface area contributed by atoms with Crippen molar-refractivity contribution in [1.82, 2.24) is 0 Å². The van der Waals surface area contributed by atoms with Gasteiger partial charge in [0, 0.05) is 7.11 Å². The van der Waals surface area contributed by atoms with Crippen LogP contribution in [0.3, 0.4) is 0 Å². The van der Waals surface area contributed by atoms with Crippen LogP contribution in [0.4, 0.5) is 0 Å². The van der Waals surface area contributed by atoms with E-state index in [-0.39, 0.29) is 6.10 Å². The Kier molecular flexibility index (Phi) is 6.98. The summed E-state index contributed by atoms with van der Waals surface area (Å²) in [5.74, 6) is -0.396. The van der Waals surface area contributed by atoms with Crippen LogP contribution in [-0.2, 0) is 4.74 Å². The third-order valence-electron chi connectivity index (χ3n) is 4.11. The molecule has 0 radical (unpaired) electrons. The Morgan fingerprint density at radius 3 is 2.45 bits per heavy atom. The Morgan fingerprint density at radius 2 is 2.00 bits per heavy atom. The van der Waals surface area contributed by atoms with Crippen molar-refractivity contribution >= 4 is 0 Å². The number of aliphatic hydroxyl groups is 1. The van der Waals surface area contributed by atoms with E-state index in [2.05, 4.69) is 6.07 Å². The molecule has 1 fully saturated rings. The van der Waals surface area contributed by atoms with Gasteiger partial charge in [-0.15, -0.1) is 0 Å². The van der Waals surface area contributed by atoms with Crippen molar-refractivity contribution in [3.63, 3.8) is 0 Å². The molecule has 0 spiro atoms. The fourth-order valence-corrected chi connectivity index (χ4v) is 2.96. The predicted molar refractivity (Wildman–Crippen MR) is 81.1 cm³/mol. The molecule has 2 atom stereocenters. The fourth-order valence-electron chi connectivity index (χ4n) is 2.96. The molecule has 0 aromatic carbocycles. The van der Waals surface area contributed by atoms with E-state index in [4.69, 9.17) is 4.74 Å². The summed E-state index contributed by atoms with van der Waals surface area (Å²) < 4.78 is 5.25. The summed E-state index contributed by atoms with van der Waals surface area (Å²) >= 11 is 0. The van der Waals surface area contributed by atoms with Gasteiger partial charge in [-0.3, -0.25) is 0 Å². The molecule has 0 aromatic rings. The summed E-state index contributed by atoms with van der Waals surface area (Å²) in [5.41, 5.74) is 0.124. The van der Waals surface area contributed by atoms with Gasteiger partial charge in [-0.1, -0.05) is 51.3 Å². The lowest BCUT2D eigenvalue weighted by atomic mass is 9.72. The topological polar surface area (TPSA) is 53.2 Å². The van der Waals surface area contributed by atoms with Crippen LogP contribution in [0.1, 0.15) is 52.4 Å². The molecule has 2 unspecified atom stereocenters. The first-order valence-electron chi connectivity index (χ1n) is 7.72. The Bertz CT molecular complexity index is 386. The minimum absolute atomic E-state index is 0.106. The number of hydrogen-bond donors (Lipinski definition) is 1. The van der Waals surface area contributed by atoms with Gasteiger partial charge in [0.1, 0.15) is 0 Å². The Morgan fingerprint density at radius 1 is 1.35 bits per heavy atom. The maximum atomic E-state index is 10.7. The molecular weight excluding hydrogens is 250 g/mol. The molecule has 2 rings (SSSR count). The molecule has 0 amide bonds. The Labute approximate surface area is 122 Å². The molecule has 0 heterocycles. The fraction of sp³-hybridized carbons (Fsp3) is 0.706. The number of methoxy groups -OCH3 is 1. The normalized spacial score (nSPS) is 25.8. The van der Waals surface area contributed by atoms with E-state index in [0.29, 0.717) is 0 Å². The van der Waals surface area contributed by atoms with E-state index >= 15 is 0 Å². The molecule has 0 aliphatic heterocycles. The van der Waals surface area contributed by atoms with Gasteiger partial charge in [0.15, 0.2) is 0 Å². The van der Waals surface area contributed by atoms with E-state index in [1.807, 2.05) is 32.1 Å². The van der Waals surface area contributed by atoms with Crippen LogP contribution in [-0.4, -0.2) is 23.9 Å². The first kappa shape index (κ1) is 16.9. The zero-order chi connectivity index (χ0) is 15.0. The Balaban J connectivity index is 0.000000956. The summed E-state index contributed by atoms with van der Waals surface area (Å²) in [6, 6.07) is 2.30. The molecule has 112 valence electrons. The zero-order valence-corrected chi connectivity index (χ0v) is 12.9. The molecule has 1 saturated carbocycles. The molecule has 3 heteroatoms. The maximum absolute atomic E-state index is 10.7. The highest BCUT2D eigenvalue weighted by molar-refractivity contribution is 5.33. The third kappa shape index (κ3) is 3.94. The average molecular weight is 277 g/mol. The standard InChI is InChI=1S/C15H21NO2.C2H6/c1-18-13-7-5-12(6-8-13)14(11-16)15(17)9-3-2-4-10-15;1-2/h5-7,13-14,17H,2-4,8-10H2,1H3;1-2H3. The van der Waals surface area contributed by atoms with E-state index in [0.717, 1.165) is 37.7 Å². The SMILES string of the molecule is CC.COC1C=CC(C(C#N)C2(O)CCCCC2)=CC1. The summed E-state index contributed by atoms with van der Waals surface area (Å²) in [6.45, 7) is 4.00. The monoisotopic (exact) mass is 277 g/mol. The highest BCUT2D eigenvalue weighted by atomic mass is 16.5. The van der Waals surface area contributed by atoms with Crippen molar-refractivity contribution < 1.29 is 9.84 Å². The van der Waals surface area contributed by atoms with E-state index < -0.39 is 11.5 Å². The number of nitriles is 1. The lowest BCUT2D eigenvalue weighted by Gasteiger charge is -2.37. The van der Waals surface area contributed by atoms with Gasteiger partial charge in [0.25, 0.3) is 0 Å². The summed E-state index contributed by atoms with van der Waals surface area (Å²) in [4.78, 5) is 0. The number of hydrogen-bond acceptors (Lipinski definition) is 3. The van der Waals surface area contributed by atoms with E-state index in [9.17, 15) is 10.4 Å². The molecule has 0 saturated heterocycles. The lowest BCUT2D eigenvalue weighted by molar-refractivity contribution is -0.0190. The Hall–Kier alpha value is -1.11. The second kappa shape index (κ2) is 8.24. The second-order valence-electron chi connectivity index (χ2n) is 5.30. The van der Waals surface area contributed by atoms with Gasteiger partial charge in [-0.2, -0.15) is 5.26 Å². The highest BCUT2D eigenvalue weighted by Crippen LogP contribution is 2.38. The number of ether oxygens (including phenoxy) is 1.